The highest BCUT2D eigenvalue weighted by atomic mass is 35.5. The van der Waals surface area contributed by atoms with E-state index in [0.717, 1.165) is 18.5 Å². The molecule has 1 fully saturated rings. The Labute approximate surface area is 152 Å². The number of halogens is 1. The van der Waals surface area contributed by atoms with Gasteiger partial charge in [-0.25, -0.2) is 0 Å². The van der Waals surface area contributed by atoms with Gasteiger partial charge in [0.2, 0.25) is 0 Å². The number of rotatable bonds is 5. The molecule has 0 aliphatic heterocycles. The number of carbonyl (C=O) groups is 2. The van der Waals surface area contributed by atoms with E-state index in [4.69, 9.17) is 11.6 Å². The van der Waals surface area contributed by atoms with Crippen LogP contribution in [-0.2, 0) is 0 Å². The first kappa shape index (κ1) is 17.3. The molecule has 1 saturated carbocycles. The molecule has 1 aliphatic carbocycles. The van der Waals surface area contributed by atoms with Crippen LogP contribution in [0.2, 0.25) is 5.02 Å². The normalized spacial score (nSPS) is 13.2. The van der Waals surface area contributed by atoms with Crippen molar-refractivity contribution in [3.8, 4) is 0 Å². The lowest BCUT2D eigenvalue weighted by molar-refractivity contribution is 0.0950. The van der Waals surface area contributed by atoms with E-state index in [1.54, 1.807) is 36.4 Å². The molecule has 0 saturated heterocycles. The smallest absolute Gasteiger partial charge is 0.257 e. The second-order valence-corrected chi connectivity index (χ2v) is 6.72. The summed E-state index contributed by atoms with van der Waals surface area (Å²) in [4.78, 5) is 26.8. The number of nitrogens with one attached hydrogen (secondary N) is 2. The minimum atomic E-state index is -0.309. The lowest BCUT2D eigenvalue weighted by Crippen LogP contribution is -2.27. The maximum absolute atomic E-state index is 12.5. The molecular formula is C19H20ClN3O2. The van der Waals surface area contributed by atoms with E-state index in [0.29, 0.717) is 21.8 Å². The predicted molar refractivity (Wildman–Crippen MR) is 101 cm³/mol. The quantitative estimate of drug-likeness (QED) is 0.860. The summed E-state index contributed by atoms with van der Waals surface area (Å²) in [6.45, 7) is 0. The third-order valence-electron chi connectivity index (χ3n) is 4.01. The molecule has 0 radical (unpaired) electrons. The standard InChI is InChI=1S/C19H20ClN3O2/c1-23(2)17-10-9-13(11-15(17)19(25)21-12-7-8-12)22-18(24)14-5-3-4-6-16(14)20/h3-6,9-12H,7-8H2,1-2H3,(H,21,25)(H,22,24). The van der Waals surface area contributed by atoms with E-state index in [9.17, 15) is 9.59 Å². The van der Waals surface area contributed by atoms with E-state index in [-0.39, 0.29) is 17.9 Å². The maximum Gasteiger partial charge on any atom is 0.257 e. The van der Waals surface area contributed by atoms with Gasteiger partial charge in [-0.2, -0.15) is 0 Å². The van der Waals surface area contributed by atoms with Crippen molar-refractivity contribution in [2.75, 3.05) is 24.3 Å². The monoisotopic (exact) mass is 357 g/mol. The zero-order valence-electron chi connectivity index (χ0n) is 14.2. The minimum Gasteiger partial charge on any atom is -0.377 e. The van der Waals surface area contributed by atoms with Crippen LogP contribution in [0.25, 0.3) is 0 Å². The molecule has 2 aromatic rings. The average Bonchev–Trinajstić information content (AvgIpc) is 3.38. The number of benzene rings is 2. The SMILES string of the molecule is CN(C)c1ccc(NC(=O)c2ccccc2Cl)cc1C(=O)NC1CC1. The van der Waals surface area contributed by atoms with Gasteiger partial charge in [0.25, 0.3) is 11.8 Å². The molecule has 0 unspecified atom stereocenters. The molecule has 0 aromatic heterocycles. The summed E-state index contributed by atoms with van der Waals surface area (Å²) in [5, 5.41) is 6.18. The Hall–Kier alpha value is -2.53. The summed E-state index contributed by atoms with van der Waals surface area (Å²) in [5.41, 5.74) is 2.28. The van der Waals surface area contributed by atoms with Gasteiger partial charge >= 0.3 is 0 Å². The van der Waals surface area contributed by atoms with Gasteiger partial charge < -0.3 is 15.5 Å². The summed E-state index contributed by atoms with van der Waals surface area (Å²) < 4.78 is 0. The van der Waals surface area contributed by atoms with Crippen LogP contribution in [0, 0.1) is 0 Å². The van der Waals surface area contributed by atoms with Crippen molar-refractivity contribution in [1.82, 2.24) is 5.32 Å². The summed E-state index contributed by atoms with van der Waals surface area (Å²) >= 11 is 6.07. The zero-order valence-corrected chi connectivity index (χ0v) is 14.9. The van der Waals surface area contributed by atoms with Gasteiger partial charge in [0, 0.05) is 31.5 Å². The van der Waals surface area contributed by atoms with Gasteiger partial charge in [0.1, 0.15) is 0 Å². The van der Waals surface area contributed by atoms with Crippen molar-refractivity contribution >= 4 is 34.8 Å². The highest BCUT2D eigenvalue weighted by Gasteiger charge is 2.25. The molecular weight excluding hydrogens is 338 g/mol. The third-order valence-corrected chi connectivity index (χ3v) is 4.34. The molecule has 5 nitrogen and oxygen atoms in total. The van der Waals surface area contributed by atoms with E-state index >= 15 is 0 Å². The van der Waals surface area contributed by atoms with Crippen LogP contribution in [0.15, 0.2) is 42.5 Å². The fourth-order valence-corrected chi connectivity index (χ4v) is 2.74. The summed E-state index contributed by atoms with van der Waals surface area (Å²) in [6.07, 6.45) is 2.04. The fraction of sp³-hybridized carbons (Fsp3) is 0.263. The highest BCUT2D eigenvalue weighted by Crippen LogP contribution is 2.26. The van der Waals surface area contributed by atoms with Gasteiger partial charge in [-0.3, -0.25) is 9.59 Å². The Bertz CT molecular complexity index is 816. The van der Waals surface area contributed by atoms with Crippen molar-refractivity contribution < 1.29 is 9.59 Å². The molecule has 0 spiro atoms. The Balaban J connectivity index is 1.85. The van der Waals surface area contributed by atoms with Crippen LogP contribution in [-0.4, -0.2) is 32.0 Å². The summed E-state index contributed by atoms with van der Waals surface area (Å²) in [7, 11) is 3.76. The van der Waals surface area contributed by atoms with Crippen LogP contribution in [0.1, 0.15) is 33.6 Å². The Kier molecular flexibility index (Phi) is 4.95. The van der Waals surface area contributed by atoms with Crippen LogP contribution >= 0.6 is 11.6 Å². The second kappa shape index (κ2) is 7.15. The molecule has 2 N–H and O–H groups in total. The largest absolute Gasteiger partial charge is 0.377 e. The first-order valence-corrected chi connectivity index (χ1v) is 8.51. The number of hydrogen-bond donors (Lipinski definition) is 2. The Morgan fingerprint density at radius 1 is 1.04 bits per heavy atom. The number of anilines is 2. The molecule has 0 atom stereocenters. The first-order chi connectivity index (χ1) is 12.0. The van der Waals surface area contributed by atoms with Crippen molar-refractivity contribution in [1.29, 1.82) is 0 Å². The van der Waals surface area contributed by atoms with E-state index in [1.165, 1.54) is 0 Å². The van der Waals surface area contributed by atoms with Crippen LogP contribution in [0.5, 0.6) is 0 Å². The molecule has 1 aliphatic rings. The molecule has 130 valence electrons. The predicted octanol–water partition coefficient (Wildman–Crippen LogP) is 3.55. The minimum absolute atomic E-state index is 0.125. The van der Waals surface area contributed by atoms with E-state index in [2.05, 4.69) is 10.6 Å². The van der Waals surface area contributed by atoms with Crippen LogP contribution < -0.4 is 15.5 Å². The molecule has 0 bridgehead atoms. The van der Waals surface area contributed by atoms with Gasteiger partial charge in [-0.15, -0.1) is 0 Å². The molecule has 0 heterocycles. The van der Waals surface area contributed by atoms with Gasteiger partial charge in [0.15, 0.2) is 0 Å². The number of hydrogen-bond acceptors (Lipinski definition) is 3. The average molecular weight is 358 g/mol. The lowest BCUT2D eigenvalue weighted by atomic mass is 10.1. The van der Waals surface area contributed by atoms with Crippen molar-refractivity contribution in [3.63, 3.8) is 0 Å². The number of amides is 2. The van der Waals surface area contributed by atoms with Gasteiger partial charge in [-0.1, -0.05) is 23.7 Å². The molecule has 6 heteroatoms. The van der Waals surface area contributed by atoms with E-state index in [1.807, 2.05) is 25.1 Å². The van der Waals surface area contributed by atoms with Gasteiger partial charge in [-0.05, 0) is 43.2 Å². The maximum atomic E-state index is 12.5. The Morgan fingerprint density at radius 3 is 2.40 bits per heavy atom. The van der Waals surface area contributed by atoms with Crippen molar-refractivity contribution in [2.45, 2.75) is 18.9 Å². The molecule has 2 aromatic carbocycles. The molecule has 2 amide bonds. The van der Waals surface area contributed by atoms with E-state index < -0.39 is 0 Å². The zero-order chi connectivity index (χ0) is 18.0. The molecule has 25 heavy (non-hydrogen) atoms. The van der Waals surface area contributed by atoms with Crippen LogP contribution in [0.3, 0.4) is 0 Å². The third kappa shape index (κ3) is 4.12. The van der Waals surface area contributed by atoms with Gasteiger partial charge in [0.05, 0.1) is 16.1 Å². The summed E-state index contributed by atoms with van der Waals surface area (Å²) in [6, 6.07) is 12.4. The lowest BCUT2D eigenvalue weighted by Gasteiger charge is -2.18. The highest BCUT2D eigenvalue weighted by molar-refractivity contribution is 6.34. The van der Waals surface area contributed by atoms with Crippen molar-refractivity contribution in [3.05, 3.63) is 58.6 Å². The Morgan fingerprint density at radius 2 is 1.76 bits per heavy atom. The number of nitrogens with zero attached hydrogens (tertiary/aromatic N) is 1. The summed E-state index contributed by atoms with van der Waals surface area (Å²) in [5.74, 6) is -0.434. The first-order valence-electron chi connectivity index (χ1n) is 8.14. The fourth-order valence-electron chi connectivity index (χ4n) is 2.52. The molecule has 3 rings (SSSR count). The second-order valence-electron chi connectivity index (χ2n) is 6.31. The topological polar surface area (TPSA) is 61.4 Å². The van der Waals surface area contributed by atoms with Crippen molar-refractivity contribution in [2.24, 2.45) is 0 Å². The van der Waals surface area contributed by atoms with Crippen LogP contribution in [0.4, 0.5) is 11.4 Å². The number of carbonyl (C=O) groups excluding carboxylic acids is 2.